The van der Waals surface area contributed by atoms with E-state index in [1.54, 1.807) is 18.7 Å². The molecule has 0 saturated heterocycles. The quantitative estimate of drug-likeness (QED) is 0.806. The van der Waals surface area contributed by atoms with Gasteiger partial charge in [0.2, 0.25) is 0 Å². The number of benzene rings is 1. The Morgan fingerprint density at radius 3 is 2.73 bits per heavy atom. The fourth-order valence-electron chi connectivity index (χ4n) is 2.18. The third-order valence-electron chi connectivity index (χ3n) is 3.32. The summed E-state index contributed by atoms with van der Waals surface area (Å²) >= 11 is 0. The summed E-state index contributed by atoms with van der Waals surface area (Å²) in [5.41, 5.74) is 3.44. The molecule has 1 N–H and O–H groups in total. The molecule has 22 heavy (non-hydrogen) atoms. The minimum absolute atomic E-state index is 0.160. The monoisotopic (exact) mass is 295 g/mol. The number of hydrogen-bond acceptors (Lipinski definition) is 4. The van der Waals surface area contributed by atoms with Crippen LogP contribution in [0.5, 0.6) is 0 Å². The molecule has 0 fully saturated rings. The molecule has 2 aromatic heterocycles. The van der Waals surface area contributed by atoms with Crippen molar-refractivity contribution in [2.24, 2.45) is 5.92 Å². The molecule has 1 amide bonds. The van der Waals surface area contributed by atoms with E-state index in [1.807, 2.05) is 18.2 Å². The topological polar surface area (TPSA) is 72.7 Å². The van der Waals surface area contributed by atoms with Gasteiger partial charge in [0.05, 0.1) is 11.0 Å². The molecule has 1 aromatic carbocycles. The van der Waals surface area contributed by atoms with Gasteiger partial charge in [-0.2, -0.15) is 0 Å². The Morgan fingerprint density at radius 2 is 2.00 bits per heavy atom. The van der Waals surface area contributed by atoms with Crippen LogP contribution in [0.2, 0.25) is 0 Å². The van der Waals surface area contributed by atoms with Crippen molar-refractivity contribution >= 4 is 17.1 Å². The van der Waals surface area contributed by atoms with Crippen LogP contribution < -0.4 is 5.32 Å². The van der Waals surface area contributed by atoms with Gasteiger partial charge >= 0.3 is 6.03 Å². The van der Waals surface area contributed by atoms with Crippen LogP contribution in [0, 0.1) is 5.92 Å². The smallest absolute Gasteiger partial charge is 0.327 e. The van der Waals surface area contributed by atoms with Gasteiger partial charge in [0, 0.05) is 24.5 Å². The Hall–Kier alpha value is -2.76. The Morgan fingerprint density at radius 1 is 1.23 bits per heavy atom. The van der Waals surface area contributed by atoms with Gasteiger partial charge in [0.1, 0.15) is 12.7 Å². The van der Waals surface area contributed by atoms with E-state index in [9.17, 15) is 4.79 Å². The molecule has 0 unspecified atom stereocenters. The zero-order valence-electron chi connectivity index (χ0n) is 12.5. The average molecular weight is 295 g/mol. The molecular formula is C16H17N5O. The zero-order valence-corrected chi connectivity index (χ0v) is 12.5. The van der Waals surface area contributed by atoms with Gasteiger partial charge in [-0.25, -0.2) is 19.7 Å². The summed E-state index contributed by atoms with van der Waals surface area (Å²) in [4.78, 5) is 24.5. The van der Waals surface area contributed by atoms with E-state index in [0.29, 0.717) is 12.5 Å². The second kappa shape index (κ2) is 5.93. The van der Waals surface area contributed by atoms with E-state index in [4.69, 9.17) is 0 Å². The van der Waals surface area contributed by atoms with Crippen molar-refractivity contribution in [3.63, 3.8) is 0 Å². The number of rotatable bonds is 3. The Kier molecular flexibility index (Phi) is 3.82. The molecule has 0 radical (unpaired) electrons. The molecule has 0 aliphatic rings. The number of nitrogens with one attached hydrogen (secondary N) is 1. The van der Waals surface area contributed by atoms with Crippen molar-refractivity contribution in [2.75, 3.05) is 6.54 Å². The van der Waals surface area contributed by atoms with Crippen LogP contribution in [0.25, 0.3) is 22.2 Å². The molecule has 0 atom stereocenters. The minimum Gasteiger partial charge on any atom is -0.337 e. The molecule has 112 valence electrons. The van der Waals surface area contributed by atoms with Crippen LogP contribution in [0.1, 0.15) is 13.8 Å². The highest BCUT2D eigenvalue weighted by atomic mass is 16.2. The SMILES string of the molecule is CC(C)CNC(=O)n1cnc2cc(-c3cncnc3)ccc21. The largest absolute Gasteiger partial charge is 0.337 e. The number of carbonyl (C=O) groups excluding carboxylic acids is 1. The summed E-state index contributed by atoms with van der Waals surface area (Å²) in [6, 6.07) is 5.60. The first-order chi connectivity index (χ1) is 10.6. The number of nitrogens with zero attached hydrogens (tertiary/aromatic N) is 4. The highest BCUT2D eigenvalue weighted by Crippen LogP contribution is 2.22. The summed E-state index contributed by atoms with van der Waals surface area (Å²) in [6.45, 7) is 4.75. The second-order valence-electron chi connectivity index (χ2n) is 5.53. The summed E-state index contributed by atoms with van der Waals surface area (Å²) in [5, 5.41) is 2.89. The maximum Gasteiger partial charge on any atom is 0.327 e. The van der Waals surface area contributed by atoms with E-state index >= 15 is 0 Å². The average Bonchev–Trinajstić information content (AvgIpc) is 2.96. The zero-order chi connectivity index (χ0) is 15.5. The summed E-state index contributed by atoms with van der Waals surface area (Å²) in [5.74, 6) is 0.406. The van der Waals surface area contributed by atoms with Gasteiger partial charge in [0.25, 0.3) is 0 Å². The predicted octanol–water partition coefficient (Wildman–Crippen LogP) is 2.71. The third-order valence-corrected chi connectivity index (χ3v) is 3.32. The minimum atomic E-state index is -0.160. The summed E-state index contributed by atoms with van der Waals surface area (Å²) < 4.78 is 1.53. The maximum atomic E-state index is 12.2. The number of amides is 1. The lowest BCUT2D eigenvalue weighted by Gasteiger charge is -2.08. The summed E-state index contributed by atoms with van der Waals surface area (Å²) in [6.07, 6.45) is 6.54. The Balaban J connectivity index is 1.91. The lowest BCUT2D eigenvalue weighted by Crippen LogP contribution is -2.31. The van der Waals surface area contributed by atoms with Crippen molar-refractivity contribution in [3.05, 3.63) is 43.2 Å². The number of imidazole rings is 1. The molecule has 0 bridgehead atoms. The third kappa shape index (κ3) is 2.81. The van der Waals surface area contributed by atoms with E-state index in [-0.39, 0.29) is 6.03 Å². The van der Waals surface area contributed by atoms with Gasteiger partial charge in [-0.1, -0.05) is 19.9 Å². The van der Waals surface area contributed by atoms with Crippen molar-refractivity contribution in [2.45, 2.75) is 13.8 Å². The molecular weight excluding hydrogens is 278 g/mol. The van der Waals surface area contributed by atoms with Crippen molar-refractivity contribution in [1.29, 1.82) is 0 Å². The van der Waals surface area contributed by atoms with E-state index in [0.717, 1.165) is 22.2 Å². The van der Waals surface area contributed by atoms with Gasteiger partial charge in [-0.15, -0.1) is 0 Å². The number of fused-ring (bicyclic) bond motifs is 1. The molecule has 3 rings (SSSR count). The molecule has 6 heteroatoms. The first kappa shape index (κ1) is 14.2. The van der Waals surface area contributed by atoms with Gasteiger partial charge < -0.3 is 5.32 Å². The Bertz CT molecular complexity index is 795. The first-order valence-corrected chi connectivity index (χ1v) is 7.16. The van der Waals surface area contributed by atoms with Crippen molar-refractivity contribution < 1.29 is 4.79 Å². The van der Waals surface area contributed by atoms with E-state index in [1.165, 1.54) is 10.9 Å². The van der Waals surface area contributed by atoms with Gasteiger partial charge in [0.15, 0.2) is 0 Å². The fourth-order valence-corrected chi connectivity index (χ4v) is 2.18. The predicted molar refractivity (Wildman–Crippen MR) is 84.4 cm³/mol. The molecule has 0 aliphatic carbocycles. The van der Waals surface area contributed by atoms with Crippen LogP contribution in [-0.2, 0) is 0 Å². The highest BCUT2D eigenvalue weighted by molar-refractivity contribution is 5.91. The second-order valence-corrected chi connectivity index (χ2v) is 5.53. The molecule has 0 saturated carbocycles. The normalized spacial score (nSPS) is 11.0. The molecule has 3 aromatic rings. The number of aromatic nitrogens is 4. The van der Waals surface area contributed by atoms with Crippen LogP contribution in [0.15, 0.2) is 43.2 Å². The van der Waals surface area contributed by atoms with E-state index in [2.05, 4.69) is 34.1 Å². The van der Waals surface area contributed by atoms with Crippen LogP contribution in [0.3, 0.4) is 0 Å². The van der Waals surface area contributed by atoms with Crippen LogP contribution in [0.4, 0.5) is 4.79 Å². The molecule has 0 aliphatic heterocycles. The maximum absolute atomic E-state index is 12.2. The lowest BCUT2D eigenvalue weighted by atomic mass is 10.1. The standard InChI is InChI=1S/C16H17N5O/c1-11(2)6-19-16(22)21-10-20-14-5-12(3-4-15(14)21)13-7-17-9-18-8-13/h3-5,7-11H,6H2,1-2H3,(H,19,22). The summed E-state index contributed by atoms with van der Waals surface area (Å²) in [7, 11) is 0. The molecule has 6 nitrogen and oxygen atoms in total. The lowest BCUT2D eigenvalue weighted by molar-refractivity contribution is 0.242. The van der Waals surface area contributed by atoms with Crippen LogP contribution in [-0.4, -0.2) is 32.1 Å². The number of carbonyl (C=O) groups is 1. The highest BCUT2D eigenvalue weighted by Gasteiger charge is 2.11. The van der Waals surface area contributed by atoms with E-state index < -0.39 is 0 Å². The molecule has 0 spiro atoms. The Labute approximate surface area is 128 Å². The van der Waals surface area contributed by atoms with Crippen molar-refractivity contribution in [1.82, 2.24) is 24.8 Å². The first-order valence-electron chi connectivity index (χ1n) is 7.16. The van der Waals surface area contributed by atoms with Gasteiger partial charge in [-0.05, 0) is 23.6 Å². The van der Waals surface area contributed by atoms with Crippen molar-refractivity contribution in [3.8, 4) is 11.1 Å². The number of hydrogen-bond donors (Lipinski definition) is 1. The van der Waals surface area contributed by atoms with Crippen LogP contribution >= 0.6 is 0 Å². The van der Waals surface area contributed by atoms with Gasteiger partial charge in [-0.3, -0.25) is 4.57 Å². The molecule has 2 heterocycles. The fraction of sp³-hybridized carbons (Fsp3) is 0.250.